The zero-order valence-corrected chi connectivity index (χ0v) is 13.8. The SMILES string of the molecule is O=C(NC1CC2CCC1N2)c1ccc(Sc2ccsc2)s1. The Morgan fingerprint density at radius 3 is 3.00 bits per heavy atom. The average molecular weight is 337 g/mol. The van der Waals surface area contributed by atoms with Gasteiger partial charge in [-0.3, -0.25) is 4.79 Å². The van der Waals surface area contributed by atoms with E-state index in [0.29, 0.717) is 18.1 Å². The molecule has 2 bridgehead atoms. The number of hydrogen-bond acceptors (Lipinski definition) is 5. The maximum absolute atomic E-state index is 12.4. The third-order valence-electron chi connectivity index (χ3n) is 4.14. The van der Waals surface area contributed by atoms with E-state index in [2.05, 4.69) is 27.5 Å². The number of fused-ring (bicyclic) bond motifs is 2. The molecule has 2 N–H and O–H groups in total. The Balaban J connectivity index is 1.39. The highest BCUT2D eigenvalue weighted by molar-refractivity contribution is 8.01. The molecule has 2 aliphatic heterocycles. The Bertz CT molecular complexity index is 637. The van der Waals surface area contributed by atoms with E-state index in [0.717, 1.165) is 11.3 Å². The third kappa shape index (κ3) is 2.90. The van der Waals surface area contributed by atoms with Crippen LogP contribution in [-0.4, -0.2) is 24.0 Å². The molecular formula is C15H16N2OS3. The molecule has 3 unspecified atom stereocenters. The van der Waals surface area contributed by atoms with Gasteiger partial charge in [-0.15, -0.1) is 11.3 Å². The molecule has 6 heteroatoms. The normalized spacial score (nSPS) is 27.1. The molecule has 1 amide bonds. The summed E-state index contributed by atoms with van der Waals surface area (Å²) in [5.41, 5.74) is 0. The van der Waals surface area contributed by atoms with E-state index >= 15 is 0 Å². The smallest absolute Gasteiger partial charge is 0.261 e. The van der Waals surface area contributed by atoms with E-state index in [1.807, 2.05) is 12.1 Å². The van der Waals surface area contributed by atoms with Gasteiger partial charge in [-0.1, -0.05) is 11.8 Å². The molecule has 0 radical (unpaired) electrons. The van der Waals surface area contributed by atoms with Gasteiger partial charge < -0.3 is 10.6 Å². The lowest BCUT2D eigenvalue weighted by atomic mass is 9.95. The minimum absolute atomic E-state index is 0.0801. The molecule has 110 valence electrons. The van der Waals surface area contributed by atoms with Crippen molar-refractivity contribution >= 4 is 40.3 Å². The number of carbonyl (C=O) groups is 1. The Labute approximate surface area is 136 Å². The number of carbonyl (C=O) groups excluding carboxylic acids is 1. The predicted molar refractivity (Wildman–Crippen MR) is 88.6 cm³/mol. The van der Waals surface area contributed by atoms with Crippen LogP contribution >= 0.6 is 34.4 Å². The molecule has 0 saturated carbocycles. The molecule has 4 rings (SSSR count). The second-order valence-electron chi connectivity index (χ2n) is 5.54. The lowest BCUT2D eigenvalue weighted by Crippen LogP contribution is -2.42. The standard InChI is InChI=1S/C15H16N2OS3/c18-15(17-12-7-9-1-2-11(12)16-9)13-3-4-14(21-13)20-10-5-6-19-8-10/h3-6,8-9,11-12,16H,1-2,7H2,(H,17,18). The van der Waals surface area contributed by atoms with E-state index in [1.165, 1.54) is 21.9 Å². The van der Waals surface area contributed by atoms with Crippen molar-refractivity contribution in [2.45, 2.75) is 46.5 Å². The largest absolute Gasteiger partial charge is 0.347 e. The maximum Gasteiger partial charge on any atom is 0.261 e. The summed E-state index contributed by atoms with van der Waals surface area (Å²) in [6.07, 6.45) is 3.54. The van der Waals surface area contributed by atoms with Crippen LogP contribution in [0.5, 0.6) is 0 Å². The van der Waals surface area contributed by atoms with Gasteiger partial charge in [-0.2, -0.15) is 11.3 Å². The van der Waals surface area contributed by atoms with Crippen LogP contribution in [0.15, 0.2) is 38.1 Å². The van der Waals surface area contributed by atoms with E-state index in [9.17, 15) is 4.79 Å². The fourth-order valence-electron chi connectivity index (χ4n) is 3.15. The van der Waals surface area contributed by atoms with E-state index in [1.54, 1.807) is 34.4 Å². The number of nitrogens with one attached hydrogen (secondary N) is 2. The van der Waals surface area contributed by atoms with Gasteiger partial charge in [0, 0.05) is 28.4 Å². The summed E-state index contributed by atoms with van der Waals surface area (Å²) in [4.78, 5) is 14.4. The van der Waals surface area contributed by atoms with Gasteiger partial charge in [0.15, 0.2) is 0 Å². The number of amides is 1. The van der Waals surface area contributed by atoms with Crippen molar-refractivity contribution in [3.05, 3.63) is 33.8 Å². The summed E-state index contributed by atoms with van der Waals surface area (Å²) < 4.78 is 1.17. The molecule has 2 fully saturated rings. The van der Waals surface area contributed by atoms with Crippen molar-refractivity contribution in [2.24, 2.45) is 0 Å². The highest BCUT2D eigenvalue weighted by Gasteiger charge is 2.39. The summed E-state index contributed by atoms with van der Waals surface area (Å²) in [5.74, 6) is 0.0801. The van der Waals surface area contributed by atoms with E-state index < -0.39 is 0 Å². The monoisotopic (exact) mass is 336 g/mol. The first-order chi connectivity index (χ1) is 10.3. The van der Waals surface area contributed by atoms with Crippen molar-refractivity contribution in [2.75, 3.05) is 0 Å². The third-order valence-corrected chi connectivity index (χ3v) is 7.17. The van der Waals surface area contributed by atoms with Crippen LogP contribution < -0.4 is 10.6 Å². The molecule has 2 aromatic rings. The summed E-state index contributed by atoms with van der Waals surface area (Å²) in [5, 5.41) is 11.0. The fraction of sp³-hybridized carbons (Fsp3) is 0.400. The van der Waals surface area contributed by atoms with Crippen molar-refractivity contribution in [3.63, 3.8) is 0 Å². The average Bonchev–Trinajstić information content (AvgIpc) is 3.24. The van der Waals surface area contributed by atoms with Crippen molar-refractivity contribution in [1.82, 2.24) is 10.6 Å². The van der Waals surface area contributed by atoms with Gasteiger partial charge in [0.25, 0.3) is 5.91 Å². The summed E-state index contributed by atoms with van der Waals surface area (Å²) in [7, 11) is 0. The molecule has 3 atom stereocenters. The Kier molecular flexibility index (Phi) is 3.79. The van der Waals surface area contributed by atoms with Crippen LogP contribution in [0.1, 0.15) is 28.9 Å². The molecule has 2 aromatic heterocycles. The van der Waals surface area contributed by atoms with E-state index in [-0.39, 0.29) is 5.91 Å². The first kappa shape index (κ1) is 13.8. The topological polar surface area (TPSA) is 41.1 Å². The zero-order chi connectivity index (χ0) is 14.2. The molecule has 3 nitrogen and oxygen atoms in total. The molecule has 4 heterocycles. The van der Waals surface area contributed by atoms with Crippen LogP contribution in [0.3, 0.4) is 0 Å². The number of rotatable bonds is 4. The molecular weight excluding hydrogens is 320 g/mol. The zero-order valence-electron chi connectivity index (χ0n) is 11.4. The molecule has 0 aliphatic carbocycles. The van der Waals surface area contributed by atoms with Crippen LogP contribution in [0.2, 0.25) is 0 Å². The summed E-state index contributed by atoms with van der Waals surface area (Å²) in [6, 6.07) is 7.50. The van der Waals surface area contributed by atoms with Gasteiger partial charge in [-0.05, 0) is 42.8 Å². The number of hydrogen-bond donors (Lipinski definition) is 2. The summed E-state index contributed by atoms with van der Waals surface area (Å²) in [6.45, 7) is 0. The lowest BCUT2D eigenvalue weighted by molar-refractivity contribution is 0.0935. The lowest BCUT2D eigenvalue weighted by Gasteiger charge is -2.20. The van der Waals surface area contributed by atoms with Gasteiger partial charge in [-0.25, -0.2) is 0 Å². The van der Waals surface area contributed by atoms with Crippen LogP contribution in [0.4, 0.5) is 0 Å². The van der Waals surface area contributed by atoms with Crippen LogP contribution in [0.25, 0.3) is 0 Å². The minimum atomic E-state index is 0.0801. The van der Waals surface area contributed by atoms with E-state index in [4.69, 9.17) is 0 Å². The Morgan fingerprint density at radius 2 is 2.29 bits per heavy atom. The molecule has 0 spiro atoms. The molecule has 0 aromatic carbocycles. The van der Waals surface area contributed by atoms with Crippen molar-refractivity contribution in [3.8, 4) is 0 Å². The minimum Gasteiger partial charge on any atom is -0.347 e. The molecule has 21 heavy (non-hydrogen) atoms. The van der Waals surface area contributed by atoms with Gasteiger partial charge in [0.05, 0.1) is 9.09 Å². The molecule has 2 saturated heterocycles. The van der Waals surface area contributed by atoms with Crippen molar-refractivity contribution in [1.29, 1.82) is 0 Å². The Morgan fingerprint density at radius 1 is 1.33 bits per heavy atom. The van der Waals surface area contributed by atoms with Gasteiger partial charge >= 0.3 is 0 Å². The van der Waals surface area contributed by atoms with Crippen LogP contribution in [-0.2, 0) is 0 Å². The van der Waals surface area contributed by atoms with Gasteiger partial charge in [0.2, 0.25) is 0 Å². The predicted octanol–water partition coefficient (Wildman–Crippen LogP) is 3.58. The Hall–Kier alpha value is -0.820. The molecule has 2 aliphatic rings. The summed E-state index contributed by atoms with van der Waals surface area (Å²) >= 11 is 5.00. The van der Waals surface area contributed by atoms with Gasteiger partial charge in [0.1, 0.15) is 0 Å². The van der Waals surface area contributed by atoms with Crippen LogP contribution in [0, 0.1) is 0 Å². The quantitative estimate of drug-likeness (QED) is 0.896. The fourth-order valence-corrected chi connectivity index (χ4v) is 5.98. The van der Waals surface area contributed by atoms with Crippen molar-refractivity contribution < 1.29 is 4.79 Å². The highest BCUT2D eigenvalue weighted by atomic mass is 32.2. The number of thiophene rings is 2. The second kappa shape index (κ2) is 5.76. The maximum atomic E-state index is 12.4. The first-order valence-electron chi connectivity index (χ1n) is 7.15. The first-order valence-corrected chi connectivity index (χ1v) is 9.72. The second-order valence-corrected chi connectivity index (χ2v) is 8.78. The highest BCUT2D eigenvalue weighted by Crippen LogP contribution is 2.35.